The van der Waals surface area contributed by atoms with E-state index in [9.17, 15) is 13.6 Å². The van der Waals surface area contributed by atoms with Gasteiger partial charge >= 0.3 is 0 Å². The van der Waals surface area contributed by atoms with Crippen LogP contribution < -0.4 is 16.2 Å². The molecule has 0 heterocycles. The van der Waals surface area contributed by atoms with Crippen LogP contribution in [-0.4, -0.2) is 5.91 Å². The molecular weight excluding hydrogens is 254 g/mol. The quantitative estimate of drug-likeness (QED) is 0.836. The molecule has 0 aromatic heterocycles. The van der Waals surface area contributed by atoms with Crippen molar-refractivity contribution in [2.24, 2.45) is 5.73 Å². The topological polar surface area (TPSA) is 78.3 Å². The minimum Gasteiger partial charge on any atom is -0.457 e. The highest BCUT2D eigenvalue weighted by atomic mass is 19.1. The van der Waals surface area contributed by atoms with Crippen LogP contribution in [0.3, 0.4) is 0 Å². The third-order valence-electron chi connectivity index (χ3n) is 2.34. The standard InChI is InChI=1S/C13H10F2N2O2/c14-7-3-8(16)5-10(4-7)19-9-1-2-11(13(17)18)12(15)6-9/h1-6H,16H2,(H2,17,18). The number of halogens is 2. The van der Waals surface area contributed by atoms with Crippen LogP contribution in [0.1, 0.15) is 10.4 Å². The summed E-state index contributed by atoms with van der Waals surface area (Å²) in [6.45, 7) is 0. The molecule has 0 unspecified atom stereocenters. The van der Waals surface area contributed by atoms with E-state index in [1.54, 1.807) is 0 Å². The summed E-state index contributed by atoms with van der Waals surface area (Å²) in [6.07, 6.45) is 0. The Hall–Kier alpha value is -2.63. The summed E-state index contributed by atoms with van der Waals surface area (Å²) in [5.41, 5.74) is 10.4. The fourth-order valence-corrected chi connectivity index (χ4v) is 1.54. The predicted octanol–water partition coefficient (Wildman–Crippen LogP) is 2.44. The van der Waals surface area contributed by atoms with Gasteiger partial charge in [0.15, 0.2) is 0 Å². The Labute approximate surface area is 107 Å². The van der Waals surface area contributed by atoms with Crippen LogP contribution in [0.5, 0.6) is 11.5 Å². The number of ether oxygens (including phenoxy) is 1. The normalized spacial score (nSPS) is 10.2. The van der Waals surface area contributed by atoms with Gasteiger partial charge in [-0.15, -0.1) is 0 Å². The number of nitrogen functional groups attached to an aromatic ring is 1. The molecule has 0 aliphatic carbocycles. The molecule has 0 fully saturated rings. The number of hydrogen-bond acceptors (Lipinski definition) is 3. The Morgan fingerprint density at radius 2 is 1.79 bits per heavy atom. The molecule has 98 valence electrons. The number of hydrogen-bond donors (Lipinski definition) is 2. The number of carbonyl (C=O) groups excluding carboxylic acids is 1. The van der Waals surface area contributed by atoms with Crippen LogP contribution in [0.2, 0.25) is 0 Å². The molecule has 0 saturated heterocycles. The van der Waals surface area contributed by atoms with Crippen molar-refractivity contribution in [3.63, 3.8) is 0 Å². The molecule has 4 nitrogen and oxygen atoms in total. The first-order valence-electron chi connectivity index (χ1n) is 5.29. The summed E-state index contributed by atoms with van der Waals surface area (Å²) < 4.78 is 31.8. The third kappa shape index (κ3) is 2.98. The Morgan fingerprint density at radius 1 is 1.05 bits per heavy atom. The smallest absolute Gasteiger partial charge is 0.251 e. The fraction of sp³-hybridized carbons (Fsp3) is 0. The zero-order chi connectivity index (χ0) is 14.0. The first-order valence-corrected chi connectivity index (χ1v) is 5.29. The Bertz CT molecular complexity index is 624. The highest BCUT2D eigenvalue weighted by Gasteiger charge is 2.10. The average molecular weight is 264 g/mol. The highest BCUT2D eigenvalue weighted by molar-refractivity contribution is 5.93. The average Bonchev–Trinajstić information content (AvgIpc) is 2.26. The van der Waals surface area contributed by atoms with E-state index in [0.29, 0.717) is 0 Å². The van der Waals surface area contributed by atoms with Gasteiger partial charge in [-0.05, 0) is 18.2 Å². The van der Waals surface area contributed by atoms with E-state index in [0.717, 1.165) is 18.2 Å². The monoisotopic (exact) mass is 264 g/mol. The Kier molecular flexibility index (Phi) is 3.33. The first-order chi connectivity index (χ1) is 8.95. The van der Waals surface area contributed by atoms with E-state index in [2.05, 4.69) is 0 Å². The van der Waals surface area contributed by atoms with Gasteiger partial charge in [0.2, 0.25) is 0 Å². The van der Waals surface area contributed by atoms with Crippen LogP contribution in [-0.2, 0) is 0 Å². The van der Waals surface area contributed by atoms with Crippen molar-refractivity contribution in [1.29, 1.82) is 0 Å². The molecule has 0 atom stereocenters. The maximum absolute atomic E-state index is 13.5. The van der Waals surface area contributed by atoms with Gasteiger partial charge in [0.25, 0.3) is 5.91 Å². The van der Waals surface area contributed by atoms with E-state index in [1.165, 1.54) is 18.2 Å². The van der Waals surface area contributed by atoms with E-state index in [-0.39, 0.29) is 22.7 Å². The first kappa shape index (κ1) is 12.8. The maximum Gasteiger partial charge on any atom is 0.251 e. The molecule has 2 rings (SSSR count). The number of rotatable bonds is 3. The van der Waals surface area contributed by atoms with Gasteiger partial charge in [-0.1, -0.05) is 0 Å². The van der Waals surface area contributed by atoms with Crippen molar-refractivity contribution in [3.05, 3.63) is 53.6 Å². The number of nitrogens with two attached hydrogens (primary N) is 2. The second kappa shape index (κ2) is 4.93. The second-order valence-corrected chi connectivity index (χ2v) is 3.83. The zero-order valence-corrected chi connectivity index (χ0v) is 9.69. The van der Waals surface area contributed by atoms with E-state index in [4.69, 9.17) is 16.2 Å². The SMILES string of the molecule is NC(=O)c1ccc(Oc2cc(N)cc(F)c2)cc1F. The molecule has 1 amide bonds. The van der Waals surface area contributed by atoms with Crippen molar-refractivity contribution in [2.45, 2.75) is 0 Å². The third-order valence-corrected chi connectivity index (χ3v) is 2.34. The minimum atomic E-state index is -0.876. The summed E-state index contributed by atoms with van der Waals surface area (Å²) in [4.78, 5) is 10.9. The van der Waals surface area contributed by atoms with Crippen molar-refractivity contribution in [2.75, 3.05) is 5.73 Å². The number of amides is 1. The van der Waals surface area contributed by atoms with Crippen molar-refractivity contribution in [1.82, 2.24) is 0 Å². The van der Waals surface area contributed by atoms with Gasteiger partial charge in [0.05, 0.1) is 5.56 Å². The predicted molar refractivity (Wildman–Crippen MR) is 65.8 cm³/mol. The van der Waals surface area contributed by atoms with Crippen molar-refractivity contribution >= 4 is 11.6 Å². The fourth-order valence-electron chi connectivity index (χ4n) is 1.54. The van der Waals surface area contributed by atoms with Gasteiger partial charge in [0, 0.05) is 23.9 Å². The molecule has 19 heavy (non-hydrogen) atoms. The maximum atomic E-state index is 13.5. The largest absolute Gasteiger partial charge is 0.457 e. The molecule has 6 heteroatoms. The van der Waals surface area contributed by atoms with E-state index >= 15 is 0 Å². The molecule has 2 aromatic rings. The molecule has 4 N–H and O–H groups in total. The van der Waals surface area contributed by atoms with Gasteiger partial charge < -0.3 is 16.2 Å². The molecule has 0 aliphatic heterocycles. The molecule has 0 spiro atoms. The van der Waals surface area contributed by atoms with Gasteiger partial charge in [-0.3, -0.25) is 4.79 Å². The summed E-state index contributed by atoms with van der Waals surface area (Å²) in [5.74, 6) is -2.02. The lowest BCUT2D eigenvalue weighted by Gasteiger charge is -2.07. The number of primary amides is 1. The van der Waals surface area contributed by atoms with Crippen LogP contribution in [0.4, 0.5) is 14.5 Å². The van der Waals surface area contributed by atoms with Crippen LogP contribution >= 0.6 is 0 Å². The summed E-state index contributed by atoms with van der Waals surface area (Å²) >= 11 is 0. The van der Waals surface area contributed by atoms with Gasteiger partial charge in [-0.25, -0.2) is 8.78 Å². The van der Waals surface area contributed by atoms with Crippen LogP contribution in [0.25, 0.3) is 0 Å². The number of carbonyl (C=O) groups is 1. The van der Waals surface area contributed by atoms with E-state index in [1.807, 2.05) is 0 Å². The summed E-state index contributed by atoms with van der Waals surface area (Å²) in [7, 11) is 0. The molecule has 0 radical (unpaired) electrons. The minimum absolute atomic E-state index is 0.104. The Morgan fingerprint density at radius 3 is 2.37 bits per heavy atom. The highest BCUT2D eigenvalue weighted by Crippen LogP contribution is 2.25. The summed E-state index contributed by atoms with van der Waals surface area (Å²) in [6, 6.07) is 7.16. The lowest BCUT2D eigenvalue weighted by molar-refractivity contribution is 0.0996. The van der Waals surface area contributed by atoms with E-state index < -0.39 is 17.5 Å². The van der Waals surface area contributed by atoms with Crippen LogP contribution in [0.15, 0.2) is 36.4 Å². The second-order valence-electron chi connectivity index (χ2n) is 3.83. The van der Waals surface area contributed by atoms with Crippen LogP contribution in [0, 0.1) is 11.6 Å². The van der Waals surface area contributed by atoms with Gasteiger partial charge in [-0.2, -0.15) is 0 Å². The summed E-state index contributed by atoms with van der Waals surface area (Å²) in [5, 5.41) is 0. The number of anilines is 1. The van der Waals surface area contributed by atoms with Crippen molar-refractivity contribution < 1.29 is 18.3 Å². The molecule has 2 aromatic carbocycles. The van der Waals surface area contributed by atoms with Crippen molar-refractivity contribution in [3.8, 4) is 11.5 Å². The molecule has 0 aliphatic rings. The van der Waals surface area contributed by atoms with Gasteiger partial charge in [0.1, 0.15) is 23.1 Å². The molecular formula is C13H10F2N2O2. The lowest BCUT2D eigenvalue weighted by Crippen LogP contribution is -2.12. The molecule has 0 saturated carbocycles. The Balaban J connectivity index is 2.28. The lowest BCUT2D eigenvalue weighted by atomic mass is 10.2. The number of benzene rings is 2. The molecule has 0 bridgehead atoms. The zero-order valence-electron chi connectivity index (χ0n) is 9.69.